The maximum atomic E-state index is 9.47. The lowest BCUT2D eigenvalue weighted by Crippen LogP contribution is -2.04. The minimum absolute atomic E-state index is 0.481. The average Bonchev–Trinajstić information content (AvgIpc) is 2.42. The van der Waals surface area contributed by atoms with Crippen molar-refractivity contribution in [3.05, 3.63) is 73.3 Å². The van der Waals surface area contributed by atoms with Crippen LogP contribution in [0, 0.1) is 0 Å². The lowest BCUT2D eigenvalue weighted by molar-refractivity contribution is -0.113. The smallest absolute Gasteiger partial charge is 0.240 e. The Morgan fingerprint density at radius 1 is 0.944 bits per heavy atom. The fraction of sp³-hybridized carbons (Fsp3) is 0. The molecule has 0 unspecified atom stereocenters. The van der Waals surface area contributed by atoms with Gasteiger partial charge in [-0.1, -0.05) is 43.0 Å². The number of rotatable bonds is 3. The van der Waals surface area contributed by atoms with Crippen LogP contribution in [0.3, 0.4) is 0 Å². The molecule has 0 atom stereocenters. The molecule has 92 valence electrons. The Balaban J connectivity index is 0.000000280. The van der Waals surface area contributed by atoms with E-state index in [4.69, 9.17) is 4.74 Å². The Bertz CT molecular complexity index is 443. The molecule has 0 aliphatic heterocycles. The molecule has 3 heteroatoms. The van der Waals surface area contributed by atoms with Crippen LogP contribution in [-0.4, -0.2) is 5.91 Å². The second-order valence-corrected chi connectivity index (χ2v) is 3.33. The molecule has 2 N–H and O–H groups in total. The van der Waals surface area contributed by atoms with Crippen molar-refractivity contribution in [3.63, 3.8) is 0 Å². The highest BCUT2D eigenvalue weighted by atomic mass is 16.5. The van der Waals surface area contributed by atoms with Gasteiger partial charge in [-0.15, -0.1) is 0 Å². The molecular weight excluding hydrogens is 226 g/mol. The monoisotopic (exact) mass is 241 g/mol. The highest BCUT2D eigenvalue weighted by Gasteiger charge is 1.92. The van der Waals surface area contributed by atoms with Gasteiger partial charge in [0.25, 0.3) is 0 Å². The van der Waals surface area contributed by atoms with Gasteiger partial charge in [0.1, 0.15) is 11.5 Å². The van der Waals surface area contributed by atoms with Gasteiger partial charge < -0.3 is 10.5 Å². The Hall–Kier alpha value is -2.55. The number of hydrogen-bond acceptors (Lipinski definition) is 2. The Labute approximate surface area is 107 Å². The van der Waals surface area contributed by atoms with Crippen LogP contribution in [0.2, 0.25) is 0 Å². The largest absolute Gasteiger partial charge is 0.457 e. The summed E-state index contributed by atoms with van der Waals surface area (Å²) >= 11 is 0. The standard InChI is InChI=1S/C12H10O.C3H5NO/c1-3-7-11(8-4-1)13-12-9-5-2-6-10-12;1-2-3(4)5/h1-10H;2H,1H2,(H2,4,5). The van der Waals surface area contributed by atoms with E-state index in [1.165, 1.54) is 0 Å². The zero-order valence-electron chi connectivity index (χ0n) is 9.95. The first-order valence-electron chi connectivity index (χ1n) is 5.42. The SMILES string of the molecule is C=CC(N)=O.c1ccc(Oc2ccccc2)cc1. The summed E-state index contributed by atoms with van der Waals surface area (Å²) in [7, 11) is 0. The normalized spacial score (nSPS) is 8.67. The van der Waals surface area contributed by atoms with Crippen molar-refractivity contribution < 1.29 is 9.53 Å². The second kappa shape index (κ2) is 7.68. The molecule has 0 radical (unpaired) electrons. The van der Waals surface area contributed by atoms with Crippen LogP contribution in [0.4, 0.5) is 0 Å². The predicted octanol–water partition coefficient (Wildman–Crippen LogP) is 3.14. The summed E-state index contributed by atoms with van der Waals surface area (Å²) in [4.78, 5) is 9.47. The first-order valence-corrected chi connectivity index (χ1v) is 5.42. The van der Waals surface area contributed by atoms with E-state index in [0.717, 1.165) is 17.6 Å². The van der Waals surface area contributed by atoms with E-state index in [1.807, 2.05) is 60.7 Å². The summed E-state index contributed by atoms with van der Waals surface area (Å²) in [6.07, 6.45) is 1.06. The van der Waals surface area contributed by atoms with Gasteiger partial charge in [-0.3, -0.25) is 4.79 Å². The van der Waals surface area contributed by atoms with E-state index < -0.39 is 5.91 Å². The third-order valence-electron chi connectivity index (χ3n) is 1.92. The number of carbonyl (C=O) groups is 1. The molecular formula is C15H15NO2. The zero-order valence-corrected chi connectivity index (χ0v) is 9.95. The molecule has 0 heterocycles. The molecule has 2 aromatic carbocycles. The number of benzene rings is 2. The molecule has 0 aromatic heterocycles. The highest BCUT2D eigenvalue weighted by Crippen LogP contribution is 2.19. The van der Waals surface area contributed by atoms with Crippen LogP contribution in [-0.2, 0) is 4.79 Å². The summed E-state index contributed by atoms with van der Waals surface area (Å²) in [5.41, 5.74) is 4.53. The second-order valence-electron chi connectivity index (χ2n) is 3.33. The van der Waals surface area contributed by atoms with Gasteiger partial charge in [0, 0.05) is 0 Å². The molecule has 0 spiro atoms. The molecule has 0 aliphatic rings. The van der Waals surface area contributed by atoms with Crippen molar-refractivity contribution in [1.82, 2.24) is 0 Å². The van der Waals surface area contributed by atoms with Crippen molar-refractivity contribution in [2.45, 2.75) is 0 Å². The maximum Gasteiger partial charge on any atom is 0.240 e. The number of carbonyl (C=O) groups excluding carboxylic acids is 1. The van der Waals surface area contributed by atoms with Gasteiger partial charge in [0.2, 0.25) is 5.91 Å². The molecule has 0 saturated carbocycles. The minimum Gasteiger partial charge on any atom is -0.457 e. The van der Waals surface area contributed by atoms with Gasteiger partial charge in [-0.25, -0.2) is 0 Å². The van der Waals surface area contributed by atoms with Crippen molar-refractivity contribution in [1.29, 1.82) is 0 Å². The molecule has 0 bridgehead atoms. The minimum atomic E-state index is -0.481. The number of para-hydroxylation sites is 2. The molecule has 2 aromatic rings. The van der Waals surface area contributed by atoms with Crippen LogP contribution >= 0.6 is 0 Å². The van der Waals surface area contributed by atoms with Crippen LogP contribution in [0.15, 0.2) is 73.3 Å². The third-order valence-corrected chi connectivity index (χ3v) is 1.92. The number of amides is 1. The molecule has 0 saturated heterocycles. The van der Waals surface area contributed by atoms with E-state index in [0.29, 0.717) is 0 Å². The van der Waals surface area contributed by atoms with Gasteiger partial charge in [-0.2, -0.15) is 0 Å². The summed E-state index contributed by atoms with van der Waals surface area (Å²) in [6.45, 7) is 3.09. The van der Waals surface area contributed by atoms with Crippen LogP contribution < -0.4 is 10.5 Å². The van der Waals surface area contributed by atoms with Crippen molar-refractivity contribution >= 4 is 5.91 Å². The fourth-order valence-corrected chi connectivity index (χ4v) is 1.11. The molecule has 1 amide bonds. The average molecular weight is 241 g/mol. The zero-order chi connectivity index (χ0) is 13.2. The van der Waals surface area contributed by atoms with Crippen molar-refractivity contribution in [2.24, 2.45) is 5.73 Å². The van der Waals surface area contributed by atoms with E-state index in [2.05, 4.69) is 12.3 Å². The Morgan fingerprint density at radius 2 is 1.28 bits per heavy atom. The van der Waals surface area contributed by atoms with Crippen molar-refractivity contribution in [2.75, 3.05) is 0 Å². The lowest BCUT2D eigenvalue weighted by atomic mass is 10.3. The summed E-state index contributed by atoms with van der Waals surface area (Å²) in [5.74, 6) is 1.26. The predicted molar refractivity (Wildman–Crippen MR) is 72.3 cm³/mol. The molecule has 0 aliphatic carbocycles. The number of ether oxygens (including phenoxy) is 1. The summed E-state index contributed by atoms with van der Waals surface area (Å²) in [6, 6.07) is 19.5. The summed E-state index contributed by atoms with van der Waals surface area (Å²) in [5, 5.41) is 0. The lowest BCUT2D eigenvalue weighted by Gasteiger charge is -2.03. The van der Waals surface area contributed by atoms with E-state index in [9.17, 15) is 4.79 Å². The highest BCUT2D eigenvalue weighted by molar-refractivity contribution is 5.84. The molecule has 2 rings (SSSR count). The van der Waals surface area contributed by atoms with E-state index in [1.54, 1.807) is 0 Å². The Morgan fingerprint density at radius 3 is 1.56 bits per heavy atom. The fourth-order valence-electron chi connectivity index (χ4n) is 1.11. The number of nitrogens with two attached hydrogens (primary N) is 1. The molecule has 3 nitrogen and oxygen atoms in total. The van der Waals surface area contributed by atoms with Crippen LogP contribution in [0.5, 0.6) is 11.5 Å². The Kier molecular flexibility index (Phi) is 5.77. The van der Waals surface area contributed by atoms with Gasteiger partial charge in [0.05, 0.1) is 0 Å². The van der Waals surface area contributed by atoms with Gasteiger partial charge in [-0.05, 0) is 30.3 Å². The topological polar surface area (TPSA) is 52.3 Å². The van der Waals surface area contributed by atoms with E-state index >= 15 is 0 Å². The molecule has 0 fully saturated rings. The number of hydrogen-bond donors (Lipinski definition) is 1. The van der Waals surface area contributed by atoms with Crippen LogP contribution in [0.25, 0.3) is 0 Å². The van der Waals surface area contributed by atoms with Crippen LogP contribution in [0.1, 0.15) is 0 Å². The first kappa shape index (κ1) is 13.5. The first-order chi connectivity index (χ1) is 8.72. The quantitative estimate of drug-likeness (QED) is 0.839. The third kappa shape index (κ3) is 5.51. The number of primary amides is 1. The maximum absolute atomic E-state index is 9.47. The van der Waals surface area contributed by atoms with Gasteiger partial charge in [0.15, 0.2) is 0 Å². The van der Waals surface area contributed by atoms with E-state index in [-0.39, 0.29) is 0 Å². The van der Waals surface area contributed by atoms with Crippen molar-refractivity contribution in [3.8, 4) is 11.5 Å². The molecule has 18 heavy (non-hydrogen) atoms. The van der Waals surface area contributed by atoms with Gasteiger partial charge >= 0.3 is 0 Å². The summed E-state index contributed by atoms with van der Waals surface area (Å²) < 4.78 is 5.58.